The molecule has 0 aliphatic heterocycles. The van der Waals surface area contributed by atoms with Crippen LogP contribution in [0.4, 0.5) is 4.39 Å². The van der Waals surface area contributed by atoms with E-state index in [4.69, 9.17) is 0 Å². The van der Waals surface area contributed by atoms with Crippen LogP contribution in [0.25, 0.3) is 0 Å². The first-order valence-corrected chi connectivity index (χ1v) is 8.19. The minimum atomic E-state index is -0.637. The predicted octanol–water partition coefficient (Wildman–Crippen LogP) is 3.93. The molecule has 1 heterocycles. The smallest absolute Gasteiger partial charge is 0.123 e. The second kappa shape index (κ2) is 6.86. The maximum Gasteiger partial charge on any atom is 0.123 e. The Morgan fingerprint density at radius 3 is 2.55 bits per heavy atom. The minimum Gasteiger partial charge on any atom is -0.387 e. The maximum absolute atomic E-state index is 13.2. The molecule has 0 saturated heterocycles. The first kappa shape index (κ1) is 17.1. The number of halogens is 1. The molecule has 0 bridgehead atoms. The Labute approximate surface area is 135 Å². The van der Waals surface area contributed by atoms with Gasteiger partial charge in [-0.1, -0.05) is 6.07 Å². The van der Waals surface area contributed by atoms with Crippen molar-refractivity contribution < 1.29 is 9.50 Å². The van der Waals surface area contributed by atoms with Gasteiger partial charge in [-0.3, -0.25) is 4.90 Å². The molecule has 1 aromatic heterocycles. The van der Waals surface area contributed by atoms with Crippen LogP contribution in [0.1, 0.15) is 45.8 Å². The van der Waals surface area contributed by atoms with Crippen LogP contribution in [0.5, 0.6) is 0 Å². The van der Waals surface area contributed by atoms with E-state index < -0.39 is 6.10 Å². The summed E-state index contributed by atoms with van der Waals surface area (Å²) in [5.41, 5.74) is 2.60. The molecule has 0 aliphatic rings. The Bertz CT molecular complexity index is 656. The third-order valence-corrected chi connectivity index (χ3v) is 5.27. The molecule has 2 aromatic rings. The number of benzene rings is 1. The van der Waals surface area contributed by atoms with E-state index in [9.17, 15) is 9.50 Å². The zero-order valence-electron chi connectivity index (χ0n) is 13.7. The summed E-state index contributed by atoms with van der Waals surface area (Å²) in [6.45, 7) is 8.45. The summed E-state index contributed by atoms with van der Waals surface area (Å²) in [5.74, 6) is -0.272. The normalized spacial score (nSPS) is 14.4. The third kappa shape index (κ3) is 3.72. The number of nitrogens with zero attached hydrogens (tertiary/aromatic N) is 2. The summed E-state index contributed by atoms with van der Waals surface area (Å²) < 4.78 is 13.2. The van der Waals surface area contributed by atoms with Gasteiger partial charge in [-0.15, -0.1) is 11.3 Å². The largest absolute Gasteiger partial charge is 0.387 e. The molecule has 0 radical (unpaired) electrons. The fourth-order valence-electron chi connectivity index (χ4n) is 2.68. The SMILES string of the molecule is Cc1nc(C)c(C(C)N(C)CC(O)c2ccc(F)cc2C)s1. The lowest BCUT2D eigenvalue weighted by atomic mass is 10.0. The maximum atomic E-state index is 13.2. The van der Waals surface area contributed by atoms with Gasteiger partial charge >= 0.3 is 0 Å². The van der Waals surface area contributed by atoms with Crippen LogP contribution in [-0.4, -0.2) is 28.6 Å². The van der Waals surface area contributed by atoms with Crippen molar-refractivity contribution in [1.82, 2.24) is 9.88 Å². The van der Waals surface area contributed by atoms with Crippen molar-refractivity contribution in [3.05, 3.63) is 50.7 Å². The quantitative estimate of drug-likeness (QED) is 0.906. The Kier molecular flexibility index (Phi) is 5.32. The molecule has 0 spiro atoms. The van der Waals surface area contributed by atoms with Gasteiger partial charge in [-0.25, -0.2) is 9.37 Å². The van der Waals surface area contributed by atoms with E-state index >= 15 is 0 Å². The van der Waals surface area contributed by atoms with Crippen LogP contribution in [0, 0.1) is 26.6 Å². The molecule has 1 N–H and O–H groups in total. The average molecular weight is 322 g/mol. The lowest BCUT2D eigenvalue weighted by Gasteiger charge is -2.27. The highest BCUT2D eigenvalue weighted by Gasteiger charge is 2.21. The zero-order valence-corrected chi connectivity index (χ0v) is 14.5. The Morgan fingerprint density at radius 2 is 2.00 bits per heavy atom. The van der Waals surface area contributed by atoms with Gasteiger partial charge < -0.3 is 5.11 Å². The van der Waals surface area contributed by atoms with Gasteiger partial charge in [0.05, 0.1) is 16.8 Å². The standard InChI is InChI=1S/C17H23FN2OS/c1-10-8-14(18)6-7-15(10)16(21)9-20(5)12(3)17-11(2)19-13(4)22-17/h6-8,12,16,21H,9H2,1-5H3. The van der Waals surface area contributed by atoms with Gasteiger partial charge in [0.15, 0.2) is 0 Å². The molecular weight excluding hydrogens is 299 g/mol. The summed E-state index contributed by atoms with van der Waals surface area (Å²) in [6, 6.07) is 4.70. The van der Waals surface area contributed by atoms with Crippen molar-refractivity contribution in [3.63, 3.8) is 0 Å². The van der Waals surface area contributed by atoms with E-state index in [1.165, 1.54) is 17.0 Å². The van der Waals surface area contributed by atoms with Crippen LogP contribution < -0.4 is 0 Å². The van der Waals surface area contributed by atoms with Crippen LogP contribution >= 0.6 is 11.3 Å². The number of aromatic nitrogens is 1. The number of rotatable bonds is 5. The van der Waals surface area contributed by atoms with Crippen molar-refractivity contribution >= 4 is 11.3 Å². The molecule has 5 heteroatoms. The molecule has 0 amide bonds. The Morgan fingerprint density at radius 1 is 1.32 bits per heavy atom. The summed E-state index contributed by atoms with van der Waals surface area (Å²) >= 11 is 1.69. The molecule has 1 aromatic carbocycles. The molecule has 0 aliphatic carbocycles. The summed E-state index contributed by atoms with van der Waals surface area (Å²) in [7, 11) is 1.99. The van der Waals surface area contributed by atoms with Gasteiger partial charge in [0.25, 0.3) is 0 Å². The summed E-state index contributed by atoms with van der Waals surface area (Å²) in [4.78, 5) is 7.79. The second-order valence-corrected chi connectivity index (χ2v) is 7.05. The first-order valence-electron chi connectivity index (χ1n) is 7.38. The van der Waals surface area contributed by atoms with E-state index in [-0.39, 0.29) is 11.9 Å². The van der Waals surface area contributed by atoms with Crippen LogP contribution in [-0.2, 0) is 0 Å². The topological polar surface area (TPSA) is 36.4 Å². The van der Waals surface area contributed by atoms with Crippen molar-refractivity contribution in [3.8, 4) is 0 Å². The van der Waals surface area contributed by atoms with Crippen LogP contribution in [0.15, 0.2) is 18.2 Å². The lowest BCUT2D eigenvalue weighted by molar-refractivity contribution is 0.108. The molecule has 2 rings (SSSR count). The van der Waals surface area contributed by atoms with Crippen molar-refractivity contribution in [2.45, 2.75) is 39.8 Å². The zero-order chi connectivity index (χ0) is 16.4. The Balaban J connectivity index is 2.10. The molecular formula is C17H23FN2OS. The highest BCUT2D eigenvalue weighted by Crippen LogP contribution is 2.29. The minimum absolute atomic E-state index is 0.182. The molecule has 3 nitrogen and oxygen atoms in total. The lowest BCUT2D eigenvalue weighted by Crippen LogP contribution is -2.27. The second-order valence-electron chi connectivity index (χ2n) is 5.81. The van der Waals surface area contributed by atoms with Gasteiger partial charge in [0.2, 0.25) is 0 Å². The van der Waals surface area contributed by atoms with Gasteiger partial charge in [-0.2, -0.15) is 0 Å². The molecule has 0 fully saturated rings. The summed E-state index contributed by atoms with van der Waals surface area (Å²) in [5, 5.41) is 11.5. The van der Waals surface area contributed by atoms with Crippen molar-refractivity contribution in [2.24, 2.45) is 0 Å². The van der Waals surface area contributed by atoms with Crippen molar-refractivity contribution in [2.75, 3.05) is 13.6 Å². The van der Waals surface area contributed by atoms with E-state index in [1.807, 2.05) is 27.8 Å². The van der Waals surface area contributed by atoms with E-state index in [0.717, 1.165) is 21.8 Å². The van der Waals surface area contributed by atoms with E-state index in [0.29, 0.717) is 6.54 Å². The first-order chi connectivity index (χ1) is 10.3. The van der Waals surface area contributed by atoms with E-state index in [1.54, 1.807) is 17.4 Å². The monoisotopic (exact) mass is 322 g/mol. The van der Waals surface area contributed by atoms with Crippen LogP contribution in [0.3, 0.4) is 0 Å². The molecule has 120 valence electrons. The third-order valence-electron chi connectivity index (χ3n) is 4.03. The fourth-order valence-corrected chi connectivity index (χ4v) is 3.72. The number of aliphatic hydroxyl groups excluding tert-OH is 1. The molecule has 0 saturated carbocycles. The number of hydrogen-bond acceptors (Lipinski definition) is 4. The average Bonchev–Trinajstić information content (AvgIpc) is 2.76. The Hall–Kier alpha value is -1.30. The highest BCUT2D eigenvalue weighted by atomic mass is 32.1. The van der Waals surface area contributed by atoms with Crippen LogP contribution in [0.2, 0.25) is 0 Å². The van der Waals surface area contributed by atoms with Gasteiger partial charge in [0.1, 0.15) is 5.82 Å². The molecule has 2 atom stereocenters. The van der Waals surface area contributed by atoms with Crippen molar-refractivity contribution in [1.29, 1.82) is 0 Å². The fraction of sp³-hybridized carbons (Fsp3) is 0.471. The van der Waals surface area contributed by atoms with E-state index in [2.05, 4.69) is 16.8 Å². The number of thiazole rings is 1. The summed E-state index contributed by atoms with van der Waals surface area (Å²) in [6.07, 6.45) is -0.637. The number of hydrogen-bond donors (Lipinski definition) is 1. The van der Waals surface area contributed by atoms with Gasteiger partial charge in [0, 0.05) is 17.5 Å². The molecule has 22 heavy (non-hydrogen) atoms. The predicted molar refractivity (Wildman–Crippen MR) is 88.7 cm³/mol. The highest BCUT2D eigenvalue weighted by molar-refractivity contribution is 7.11. The molecule has 2 unspecified atom stereocenters. The number of aliphatic hydroxyl groups is 1. The number of aryl methyl sites for hydroxylation is 3. The number of likely N-dealkylation sites (N-methyl/N-ethyl adjacent to an activating group) is 1. The van der Waals surface area contributed by atoms with Gasteiger partial charge in [-0.05, 0) is 58.0 Å².